The lowest BCUT2D eigenvalue weighted by atomic mass is 9.85. The molecule has 0 spiro atoms. The lowest BCUT2D eigenvalue weighted by molar-refractivity contribution is 0.0685. The van der Waals surface area contributed by atoms with E-state index in [9.17, 15) is 45.7 Å². The van der Waals surface area contributed by atoms with Crippen molar-refractivity contribution in [2.75, 3.05) is 0 Å². The Morgan fingerprint density at radius 3 is 1.34 bits per heavy atom. The van der Waals surface area contributed by atoms with Crippen LogP contribution in [0, 0.1) is 46.8 Å². The third kappa shape index (κ3) is 8.36. The van der Waals surface area contributed by atoms with Gasteiger partial charge in [0.15, 0.2) is 10.2 Å². The van der Waals surface area contributed by atoms with Crippen molar-refractivity contribution >= 4 is 37.7 Å². The Bertz CT molecular complexity index is 2350. The predicted molar refractivity (Wildman–Crippen MR) is 203 cm³/mol. The largest absolute Gasteiger partial charge is 0.478 e. The van der Waals surface area contributed by atoms with Gasteiger partial charge in [0, 0.05) is 23.3 Å². The third-order valence-electron chi connectivity index (χ3n) is 9.47. The molecule has 53 heavy (non-hydrogen) atoms. The van der Waals surface area contributed by atoms with E-state index in [1.807, 2.05) is 65.8 Å². The zero-order chi connectivity index (χ0) is 39.2. The zero-order valence-electron chi connectivity index (χ0n) is 30.0. The van der Waals surface area contributed by atoms with Gasteiger partial charge in [-0.05, 0) is 123 Å². The lowest BCUT2D eigenvalue weighted by Gasteiger charge is -2.18. The van der Waals surface area contributed by atoms with Crippen LogP contribution in [-0.2, 0) is 33.1 Å². The summed E-state index contributed by atoms with van der Waals surface area (Å²) in [5.74, 6) is -2.54. The van der Waals surface area contributed by atoms with Gasteiger partial charge in [-0.2, -0.15) is 16.8 Å². The first-order valence-electron chi connectivity index (χ1n) is 16.5. The van der Waals surface area contributed by atoms with Gasteiger partial charge in [-0.3, -0.25) is 9.11 Å². The van der Waals surface area contributed by atoms with E-state index < -0.39 is 42.3 Å². The monoisotopic (exact) mass is 755 g/mol. The number of aromatic carboxylic acids is 2. The fourth-order valence-corrected chi connectivity index (χ4v) is 8.39. The Morgan fingerprint density at radius 2 is 1.00 bits per heavy atom. The molecular formula is C41H39O10S2+. The molecule has 10 nitrogen and oxygen atoms in total. The number of carboxylic acid groups (broad SMARTS) is 2. The topological polar surface area (TPSA) is 183 Å². The molecule has 0 unspecified atom stereocenters. The van der Waals surface area contributed by atoms with Crippen molar-refractivity contribution in [3.8, 4) is 0 Å². The van der Waals surface area contributed by atoms with E-state index in [1.165, 1.54) is 12.1 Å². The highest BCUT2D eigenvalue weighted by molar-refractivity contribution is 7.90. The molecule has 0 atom stereocenters. The molecule has 0 saturated carbocycles. The second kappa shape index (κ2) is 14.6. The molecule has 0 aromatic heterocycles. The molecule has 4 aromatic rings. The summed E-state index contributed by atoms with van der Waals surface area (Å²) in [6.45, 7) is 11.7. The molecule has 0 radical (unpaired) electrons. The van der Waals surface area contributed by atoms with E-state index in [0.717, 1.165) is 56.7 Å². The summed E-state index contributed by atoms with van der Waals surface area (Å²) in [5, 5.41) is 19.9. The van der Waals surface area contributed by atoms with Gasteiger partial charge in [0.2, 0.25) is 0 Å². The van der Waals surface area contributed by atoms with Crippen molar-refractivity contribution < 1.29 is 45.7 Å². The fourth-order valence-electron chi connectivity index (χ4n) is 7.09. The van der Waals surface area contributed by atoms with E-state index in [2.05, 4.69) is 0 Å². The van der Waals surface area contributed by atoms with Crippen LogP contribution in [0.1, 0.15) is 87.5 Å². The number of aryl methyl sites for hydroxylation is 6. The smallest absolute Gasteiger partial charge is 0.336 e. The Hall–Kier alpha value is -5.27. The maximum Gasteiger partial charge on any atom is 0.336 e. The molecule has 0 fully saturated rings. The highest BCUT2D eigenvalue weighted by Gasteiger charge is 2.40. The first-order valence-corrected chi connectivity index (χ1v) is 19.4. The van der Waals surface area contributed by atoms with Crippen molar-refractivity contribution in [1.82, 2.24) is 0 Å². The van der Waals surface area contributed by atoms with Gasteiger partial charge >= 0.3 is 32.2 Å². The summed E-state index contributed by atoms with van der Waals surface area (Å²) in [6, 6.07) is 17.0. The van der Waals surface area contributed by atoms with E-state index in [1.54, 1.807) is 24.3 Å². The molecule has 1 aliphatic carbocycles. The maximum atomic E-state index is 12.8. The van der Waals surface area contributed by atoms with Crippen molar-refractivity contribution in [3.05, 3.63) is 173 Å². The number of benzene rings is 4. The molecular weight excluding hydrogens is 717 g/mol. The number of carboxylic acids is 2. The molecule has 4 N–H and O–H groups in total. The van der Waals surface area contributed by atoms with Crippen LogP contribution < -0.4 is 0 Å². The number of allylic oxidation sites excluding steroid dienone is 2. The third-order valence-corrected chi connectivity index (χ3v) is 11.2. The quantitative estimate of drug-likeness (QED) is 0.0925. The summed E-state index contributed by atoms with van der Waals surface area (Å²) in [5.41, 5.74) is 8.60. The molecule has 1 aliphatic rings. The number of hydrogen-bond acceptors (Lipinski definition) is 6. The van der Waals surface area contributed by atoms with Crippen LogP contribution in [0.5, 0.6) is 0 Å². The second-order valence-corrected chi connectivity index (χ2v) is 16.3. The van der Waals surface area contributed by atoms with E-state index in [4.69, 9.17) is 0 Å². The van der Waals surface area contributed by atoms with Crippen LogP contribution in [-0.4, -0.2) is 48.1 Å². The minimum Gasteiger partial charge on any atom is -0.478 e. The normalized spacial score (nSPS) is 13.2. The van der Waals surface area contributed by atoms with Gasteiger partial charge < -0.3 is 10.2 Å². The molecule has 0 saturated heterocycles. The Kier molecular flexibility index (Phi) is 10.8. The molecule has 4 aromatic carbocycles. The standard InChI is InChI=1S/C41H38O10S2/c1-22-13-24(3)34(25(4)14-22)17-28-7-9-30(19-36(28)40(42)43)39(33-12-11-32(52(46,47)48)21-38(33)53(49,50)51)31-10-8-29(37(20-31)41(44)45)18-35-26(5)15-23(2)16-27(35)6/h7-16,19-21H,17-18H2,1-6H3,(H3-,42,43,44,45,46,47,48,49,50,51)/p+1. The van der Waals surface area contributed by atoms with Crippen LogP contribution in [0.2, 0.25) is 0 Å². The zero-order valence-corrected chi connectivity index (χ0v) is 31.6. The van der Waals surface area contributed by atoms with Gasteiger partial charge in [-0.1, -0.05) is 47.5 Å². The van der Waals surface area contributed by atoms with Gasteiger partial charge in [0.05, 0.1) is 22.8 Å². The van der Waals surface area contributed by atoms with Gasteiger partial charge in [0.25, 0.3) is 0 Å². The molecule has 5 rings (SSSR count). The lowest BCUT2D eigenvalue weighted by Crippen LogP contribution is -2.18. The van der Waals surface area contributed by atoms with E-state index in [0.29, 0.717) is 17.2 Å². The summed E-state index contributed by atoms with van der Waals surface area (Å²) >= 11 is 0. The van der Waals surface area contributed by atoms with E-state index >= 15 is 0 Å². The number of carbonyl (C=O) groups is 2. The SMILES string of the molecule is Cc1cc(C)c(Cc2ccc(C(=C3C=CC(S(=O)(=O)O)=C[C+]3S(=O)(=O)O)c3ccc(Cc4c(C)cc(C)cc4C)c(C(=O)O)c3)cc2C(=O)O)c(C)c1. The summed E-state index contributed by atoms with van der Waals surface area (Å²) < 4.78 is 69.7. The maximum absolute atomic E-state index is 12.8. The Labute approximate surface area is 309 Å². The fraction of sp³-hybridized carbons (Fsp3) is 0.195. The van der Waals surface area contributed by atoms with Crippen LogP contribution in [0.15, 0.2) is 89.4 Å². The van der Waals surface area contributed by atoms with Crippen molar-refractivity contribution in [2.45, 2.75) is 54.4 Å². The summed E-state index contributed by atoms with van der Waals surface area (Å²) in [7, 11) is -10.1. The molecule has 0 amide bonds. The average molecular weight is 756 g/mol. The van der Waals surface area contributed by atoms with Crippen LogP contribution in [0.25, 0.3) is 5.57 Å². The highest BCUT2D eigenvalue weighted by Crippen LogP contribution is 2.40. The summed E-state index contributed by atoms with van der Waals surface area (Å²) in [4.78, 5) is 24.8. The minimum atomic E-state index is -5.18. The predicted octanol–water partition coefficient (Wildman–Crippen LogP) is 7.68. The first kappa shape index (κ1) is 38.9. The highest BCUT2D eigenvalue weighted by atomic mass is 32.2. The molecule has 274 valence electrons. The van der Waals surface area contributed by atoms with E-state index in [-0.39, 0.29) is 46.2 Å². The molecule has 0 aliphatic heterocycles. The van der Waals surface area contributed by atoms with Crippen molar-refractivity contribution in [3.63, 3.8) is 0 Å². The first-order chi connectivity index (χ1) is 24.6. The second-order valence-electron chi connectivity index (χ2n) is 13.4. The van der Waals surface area contributed by atoms with Gasteiger partial charge in [-0.25, -0.2) is 9.59 Å². The Morgan fingerprint density at radius 1 is 0.604 bits per heavy atom. The van der Waals surface area contributed by atoms with Gasteiger partial charge in [-0.15, -0.1) is 0 Å². The molecule has 0 bridgehead atoms. The van der Waals surface area contributed by atoms with Crippen molar-refractivity contribution in [2.24, 2.45) is 0 Å². The number of rotatable bonds is 10. The van der Waals surface area contributed by atoms with Crippen LogP contribution >= 0.6 is 0 Å². The molecule has 12 heteroatoms. The average Bonchev–Trinajstić information content (AvgIpc) is 3.04. The Balaban J connectivity index is 1.78. The van der Waals surface area contributed by atoms with Crippen LogP contribution in [0.3, 0.4) is 0 Å². The van der Waals surface area contributed by atoms with Crippen LogP contribution in [0.4, 0.5) is 0 Å². The molecule has 0 heterocycles. The van der Waals surface area contributed by atoms with Gasteiger partial charge in [0.1, 0.15) is 5.57 Å². The summed E-state index contributed by atoms with van der Waals surface area (Å²) in [6.07, 6.45) is 3.12. The van der Waals surface area contributed by atoms with Crippen molar-refractivity contribution in [1.29, 1.82) is 0 Å². The minimum absolute atomic E-state index is 0.00648. The number of hydrogen-bond donors (Lipinski definition) is 4.